The maximum absolute atomic E-state index is 4.60. The number of aromatic nitrogens is 3. The van der Waals surface area contributed by atoms with Gasteiger partial charge in [-0.1, -0.05) is 42.5 Å². The Kier molecular flexibility index (Phi) is 5.38. The molecule has 1 heterocycles. The SMILES string of the molecule is CCN(Cc1ccccc1)c1cnnc(Nc2ccccc2Br)n1. The number of benzene rings is 2. The molecule has 3 aromatic rings. The van der Waals surface area contributed by atoms with Crippen LogP contribution >= 0.6 is 15.9 Å². The van der Waals surface area contributed by atoms with Gasteiger partial charge < -0.3 is 10.2 Å². The van der Waals surface area contributed by atoms with Crippen molar-refractivity contribution in [2.75, 3.05) is 16.8 Å². The molecule has 1 N–H and O–H groups in total. The zero-order chi connectivity index (χ0) is 16.8. The summed E-state index contributed by atoms with van der Waals surface area (Å²) >= 11 is 3.51. The number of nitrogens with one attached hydrogen (secondary N) is 1. The molecule has 0 saturated heterocycles. The minimum Gasteiger partial charge on any atom is -0.351 e. The molecular formula is C18H18BrN5. The lowest BCUT2D eigenvalue weighted by molar-refractivity contribution is 0.798. The molecule has 0 aliphatic rings. The quantitative estimate of drug-likeness (QED) is 0.683. The predicted octanol–water partition coefficient (Wildman–Crippen LogP) is 4.40. The first-order chi connectivity index (χ1) is 11.8. The summed E-state index contributed by atoms with van der Waals surface area (Å²) in [5, 5.41) is 11.4. The second kappa shape index (κ2) is 7.88. The van der Waals surface area contributed by atoms with Crippen molar-refractivity contribution in [3.63, 3.8) is 0 Å². The molecule has 0 unspecified atom stereocenters. The molecule has 0 fully saturated rings. The predicted molar refractivity (Wildman–Crippen MR) is 100 cm³/mol. The molecule has 0 spiro atoms. The van der Waals surface area contributed by atoms with Crippen LogP contribution in [-0.2, 0) is 6.54 Å². The normalized spacial score (nSPS) is 10.4. The number of nitrogens with zero attached hydrogens (tertiary/aromatic N) is 4. The van der Waals surface area contributed by atoms with E-state index in [4.69, 9.17) is 0 Å². The molecule has 24 heavy (non-hydrogen) atoms. The molecule has 122 valence electrons. The minimum absolute atomic E-state index is 0.478. The van der Waals surface area contributed by atoms with Gasteiger partial charge in [0.1, 0.15) is 0 Å². The van der Waals surface area contributed by atoms with Gasteiger partial charge in [0.25, 0.3) is 0 Å². The largest absolute Gasteiger partial charge is 0.351 e. The number of halogens is 1. The molecule has 0 bridgehead atoms. The average Bonchev–Trinajstić information content (AvgIpc) is 2.63. The van der Waals surface area contributed by atoms with Gasteiger partial charge >= 0.3 is 0 Å². The number of para-hydroxylation sites is 1. The highest BCUT2D eigenvalue weighted by Crippen LogP contribution is 2.24. The third-order valence-electron chi connectivity index (χ3n) is 3.59. The fourth-order valence-electron chi connectivity index (χ4n) is 2.34. The highest BCUT2D eigenvalue weighted by molar-refractivity contribution is 9.10. The smallest absolute Gasteiger partial charge is 0.249 e. The standard InChI is InChI=1S/C18H18BrN5/c1-2-24(13-14-8-4-3-5-9-14)17-12-20-23-18(22-17)21-16-11-7-6-10-15(16)19/h3-12H,2,13H2,1H3,(H,21,22,23). The van der Waals surface area contributed by atoms with E-state index in [1.165, 1.54) is 5.56 Å². The maximum Gasteiger partial charge on any atom is 0.249 e. The molecule has 0 radical (unpaired) electrons. The van der Waals surface area contributed by atoms with E-state index >= 15 is 0 Å². The van der Waals surface area contributed by atoms with Gasteiger partial charge in [0.15, 0.2) is 5.82 Å². The molecular weight excluding hydrogens is 366 g/mol. The second-order valence-corrected chi connectivity index (χ2v) is 6.10. The molecule has 0 aliphatic heterocycles. The van der Waals surface area contributed by atoms with E-state index in [-0.39, 0.29) is 0 Å². The Morgan fingerprint density at radius 2 is 1.79 bits per heavy atom. The molecule has 0 aliphatic carbocycles. The third kappa shape index (κ3) is 4.08. The summed E-state index contributed by atoms with van der Waals surface area (Å²) in [4.78, 5) is 6.76. The van der Waals surface area contributed by atoms with Gasteiger partial charge in [-0.15, -0.1) is 5.10 Å². The number of hydrogen-bond donors (Lipinski definition) is 1. The van der Waals surface area contributed by atoms with Crippen molar-refractivity contribution in [2.45, 2.75) is 13.5 Å². The van der Waals surface area contributed by atoms with Gasteiger partial charge in [-0.25, -0.2) is 0 Å². The number of anilines is 3. The van der Waals surface area contributed by atoms with Crippen LogP contribution in [0.1, 0.15) is 12.5 Å². The van der Waals surface area contributed by atoms with Gasteiger partial charge in [0.05, 0.1) is 11.9 Å². The Labute approximate surface area is 149 Å². The fourth-order valence-corrected chi connectivity index (χ4v) is 2.73. The second-order valence-electron chi connectivity index (χ2n) is 5.24. The summed E-state index contributed by atoms with van der Waals surface area (Å²) in [6, 6.07) is 18.2. The van der Waals surface area contributed by atoms with Crippen molar-refractivity contribution in [1.29, 1.82) is 0 Å². The Balaban J connectivity index is 1.79. The van der Waals surface area contributed by atoms with Crippen LogP contribution in [-0.4, -0.2) is 21.7 Å². The van der Waals surface area contributed by atoms with E-state index in [9.17, 15) is 0 Å². The lowest BCUT2D eigenvalue weighted by Crippen LogP contribution is -2.23. The van der Waals surface area contributed by atoms with Gasteiger partial charge in [-0.05, 0) is 40.5 Å². The molecule has 6 heteroatoms. The van der Waals surface area contributed by atoms with Crippen molar-refractivity contribution in [1.82, 2.24) is 15.2 Å². The lowest BCUT2D eigenvalue weighted by Gasteiger charge is -2.21. The van der Waals surface area contributed by atoms with Crippen LogP contribution in [0.4, 0.5) is 17.5 Å². The maximum atomic E-state index is 4.60. The summed E-state index contributed by atoms with van der Waals surface area (Å²) in [5.74, 6) is 1.27. The monoisotopic (exact) mass is 383 g/mol. The molecule has 0 atom stereocenters. The molecule has 3 rings (SSSR count). The van der Waals surface area contributed by atoms with Crippen LogP contribution in [0.5, 0.6) is 0 Å². The summed E-state index contributed by atoms with van der Waals surface area (Å²) in [5.41, 5.74) is 2.14. The average molecular weight is 384 g/mol. The highest BCUT2D eigenvalue weighted by atomic mass is 79.9. The van der Waals surface area contributed by atoms with Crippen molar-refractivity contribution >= 4 is 33.4 Å². The Hall–Kier alpha value is -2.47. The molecule has 1 aromatic heterocycles. The van der Waals surface area contributed by atoms with Crippen LogP contribution in [0, 0.1) is 0 Å². The van der Waals surface area contributed by atoms with Crippen molar-refractivity contribution < 1.29 is 0 Å². The van der Waals surface area contributed by atoms with Gasteiger partial charge in [0.2, 0.25) is 5.95 Å². The Morgan fingerprint density at radius 1 is 1.04 bits per heavy atom. The van der Waals surface area contributed by atoms with E-state index in [0.29, 0.717) is 5.95 Å². The van der Waals surface area contributed by atoms with Crippen LogP contribution < -0.4 is 10.2 Å². The highest BCUT2D eigenvalue weighted by Gasteiger charge is 2.10. The van der Waals surface area contributed by atoms with E-state index in [0.717, 1.165) is 29.1 Å². The fraction of sp³-hybridized carbons (Fsp3) is 0.167. The molecule has 2 aromatic carbocycles. The van der Waals surface area contributed by atoms with Gasteiger partial charge in [0, 0.05) is 17.6 Å². The summed E-state index contributed by atoms with van der Waals surface area (Å²) in [6.07, 6.45) is 1.69. The minimum atomic E-state index is 0.478. The van der Waals surface area contributed by atoms with E-state index in [1.54, 1.807) is 6.20 Å². The van der Waals surface area contributed by atoms with Crippen molar-refractivity contribution in [2.24, 2.45) is 0 Å². The summed E-state index contributed by atoms with van der Waals surface area (Å²) < 4.78 is 0.954. The number of hydrogen-bond acceptors (Lipinski definition) is 5. The number of rotatable bonds is 6. The van der Waals surface area contributed by atoms with Gasteiger partial charge in [-0.3, -0.25) is 0 Å². The van der Waals surface area contributed by atoms with E-state index in [2.05, 4.69) is 60.4 Å². The van der Waals surface area contributed by atoms with Crippen molar-refractivity contribution in [3.05, 3.63) is 70.8 Å². The summed E-state index contributed by atoms with van der Waals surface area (Å²) in [7, 11) is 0. The molecule has 0 amide bonds. The van der Waals surface area contributed by atoms with Crippen LogP contribution in [0.2, 0.25) is 0 Å². The molecule has 5 nitrogen and oxygen atoms in total. The summed E-state index contributed by atoms with van der Waals surface area (Å²) in [6.45, 7) is 3.72. The first-order valence-corrected chi connectivity index (χ1v) is 8.55. The Morgan fingerprint density at radius 3 is 2.54 bits per heavy atom. The first kappa shape index (κ1) is 16.4. The first-order valence-electron chi connectivity index (χ1n) is 7.76. The third-order valence-corrected chi connectivity index (χ3v) is 4.28. The lowest BCUT2D eigenvalue weighted by atomic mass is 10.2. The van der Waals surface area contributed by atoms with Crippen molar-refractivity contribution in [3.8, 4) is 0 Å². The van der Waals surface area contributed by atoms with Gasteiger partial charge in [-0.2, -0.15) is 10.1 Å². The topological polar surface area (TPSA) is 53.9 Å². The van der Waals surface area contributed by atoms with Crippen LogP contribution in [0.3, 0.4) is 0 Å². The van der Waals surface area contributed by atoms with E-state index in [1.807, 2.05) is 42.5 Å². The van der Waals surface area contributed by atoms with Crippen LogP contribution in [0.15, 0.2) is 65.3 Å². The molecule has 0 saturated carbocycles. The zero-order valence-corrected chi connectivity index (χ0v) is 14.9. The van der Waals surface area contributed by atoms with E-state index < -0.39 is 0 Å². The zero-order valence-electron chi connectivity index (χ0n) is 13.4. The van der Waals surface area contributed by atoms with Crippen LogP contribution in [0.25, 0.3) is 0 Å². The Bertz CT molecular complexity index is 794.